The first-order valence-electron chi connectivity index (χ1n) is 7.07. The molecule has 1 N–H and O–H groups in total. The molecule has 0 aliphatic carbocycles. The van der Waals surface area contributed by atoms with Gasteiger partial charge in [0.25, 0.3) is 0 Å². The highest BCUT2D eigenvalue weighted by atomic mass is 32.2. The molecule has 0 amide bonds. The van der Waals surface area contributed by atoms with E-state index in [9.17, 15) is 12.8 Å². The monoisotopic (exact) mass is 334 g/mol. The number of nitrogens with one attached hydrogen (secondary N) is 1. The number of hydrogen-bond acceptors (Lipinski definition) is 4. The lowest BCUT2D eigenvalue weighted by Crippen LogP contribution is -2.28. The maximum atomic E-state index is 13.6. The molecule has 0 unspecified atom stereocenters. The Kier molecular flexibility index (Phi) is 4.14. The van der Waals surface area contributed by atoms with Crippen molar-refractivity contribution in [1.82, 2.24) is 9.71 Å². The minimum absolute atomic E-state index is 0.0590. The minimum Gasteiger partial charge on any atom is -0.440 e. The van der Waals surface area contributed by atoms with E-state index in [-0.39, 0.29) is 17.4 Å². The predicted octanol–water partition coefficient (Wildman–Crippen LogP) is 3.05. The van der Waals surface area contributed by atoms with Crippen LogP contribution in [0.4, 0.5) is 4.39 Å². The van der Waals surface area contributed by atoms with E-state index in [4.69, 9.17) is 4.42 Å². The van der Waals surface area contributed by atoms with Crippen molar-refractivity contribution >= 4 is 21.1 Å². The summed E-state index contributed by atoms with van der Waals surface area (Å²) in [5.41, 5.74) is 1.36. The molecular formula is C16H15FN2O3S. The van der Waals surface area contributed by atoms with E-state index in [0.717, 1.165) is 6.07 Å². The highest BCUT2D eigenvalue weighted by Crippen LogP contribution is 2.21. The topological polar surface area (TPSA) is 72.2 Å². The molecule has 0 aliphatic heterocycles. The van der Waals surface area contributed by atoms with Gasteiger partial charge in [0.15, 0.2) is 11.5 Å². The SMILES string of the molecule is C[C@@H](CNS(=O)(=O)c1ccccc1F)c1nc2ccccc2o1. The third kappa shape index (κ3) is 3.25. The number of para-hydroxylation sites is 2. The number of fused-ring (bicyclic) bond motifs is 1. The zero-order valence-corrected chi connectivity index (χ0v) is 13.2. The molecule has 5 nitrogen and oxygen atoms in total. The Bertz CT molecular complexity index is 904. The highest BCUT2D eigenvalue weighted by Gasteiger charge is 2.21. The summed E-state index contributed by atoms with van der Waals surface area (Å²) < 4.78 is 45.9. The van der Waals surface area contributed by atoms with Crippen LogP contribution in [-0.4, -0.2) is 19.9 Å². The fraction of sp³-hybridized carbons (Fsp3) is 0.188. The molecule has 7 heteroatoms. The van der Waals surface area contributed by atoms with E-state index in [1.165, 1.54) is 18.2 Å². The standard InChI is InChI=1S/C16H15FN2O3S/c1-11(16-19-13-7-3-4-8-14(13)22-16)10-18-23(20,21)15-9-5-2-6-12(15)17/h2-9,11,18H,10H2,1H3/t11-/m0/s1. The minimum atomic E-state index is -3.92. The fourth-order valence-electron chi connectivity index (χ4n) is 2.16. The number of rotatable bonds is 5. The lowest BCUT2D eigenvalue weighted by Gasteiger charge is -2.10. The number of sulfonamides is 1. The Morgan fingerprint density at radius 2 is 1.87 bits per heavy atom. The van der Waals surface area contributed by atoms with Gasteiger partial charge in [-0.3, -0.25) is 0 Å². The first kappa shape index (κ1) is 15.6. The van der Waals surface area contributed by atoms with Crippen LogP contribution in [0.5, 0.6) is 0 Å². The van der Waals surface area contributed by atoms with E-state index < -0.39 is 15.8 Å². The summed E-state index contributed by atoms with van der Waals surface area (Å²) in [6, 6.07) is 12.5. The van der Waals surface area contributed by atoms with Gasteiger partial charge in [0.2, 0.25) is 10.0 Å². The van der Waals surface area contributed by atoms with E-state index >= 15 is 0 Å². The summed E-state index contributed by atoms with van der Waals surface area (Å²) >= 11 is 0. The van der Waals surface area contributed by atoms with Gasteiger partial charge in [-0.1, -0.05) is 31.2 Å². The first-order chi connectivity index (χ1) is 11.0. The largest absolute Gasteiger partial charge is 0.440 e. The predicted molar refractivity (Wildman–Crippen MR) is 84.0 cm³/mol. The van der Waals surface area contributed by atoms with Crippen LogP contribution in [0.25, 0.3) is 11.1 Å². The lowest BCUT2D eigenvalue weighted by atomic mass is 10.2. The van der Waals surface area contributed by atoms with Crippen molar-refractivity contribution < 1.29 is 17.2 Å². The van der Waals surface area contributed by atoms with Crippen molar-refractivity contribution in [3.8, 4) is 0 Å². The Labute approximate surface area is 133 Å². The molecule has 120 valence electrons. The van der Waals surface area contributed by atoms with Crippen LogP contribution in [0.15, 0.2) is 57.8 Å². The summed E-state index contributed by atoms with van der Waals surface area (Å²) in [4.78, 5) is 3.96. The van der Waals surface area contributed by atoms with Crippen molar-refractivity contribution in [1.29, 1.82) is 0 Å². The number of oxazole rings is 1. The van der Waals surface area contributed by atoms with Gasteiger partial charge in [0.1, 0.15) is 16.2 Å². The Hall–Kier alpha value is -2.25. The average Bonchev–Trinajstić information content (AvgIpc) is 2.97. The molecule has 2 aromatic carbocycles. The zero-order chi connectivity index (χ0) is 16.4. The van der Waals surface area contributed by atoms with Crippen molar-refractivity contribution in [3.63, 3.8) is 0 Å². The van der Waals surface area contributed by atoms with Crippen LogP contribution in [0.3, 0.4) is 0 Å². The maximum Gasteiger partial charge on any atom is 0.243 e. The van der Waals surface area contributed by atoms with Gasteiger partial charge in [-0.15, -0.1) is 0 Å². The first-order valence-corrected chi connectivity index (χ1v) is 8.55. The van der Waals surface area contributed by atoms with Gasteiger partial charge >= 0.3 is 0 Å². The maximum absolute atomic E-state index is 13.6. The molecule has 0 fully saturated rings. The molecule has 1 heterocycles. The van der Waals surface area contributed by atoms with Gasteiger partial charge in [0.05, 0.1) is 0 Å². The van der Waals surface area contributed by atoms with Crippen LogP contribution in [0.2, 0.25) is 0 Å². The quantitative estimate of drug-likeness (QED) is 0.778. The van der Waals surface area contributed by atoms with Crippen LogP contribution in [0.1, 0.15) is 18.7 Å². The van der Waals surface area contributed by atoms with Crippen LogP contribution >= 0.6 is 0 Å². The molecule has 0 spiro atoms. The summed E-state index contributed by atoms with van der Waals surface area (Å²) in [5.74, 6) is -0.638. The molecule has 1 atom stereocenters. The van der Waals surface area contributed by atoms with Crippen LogP contribution < -0.4 is 4.72 Å². The lowest BCUT2D eigenvalue weighted by molar-refractivity contribution is 0.479. The van der Waals surface area contributed by atoms with Gasteiger partial charge in [0, 0.05) is 12.5 Å². The van der Waals surface area contributed by atoms with Crippen molar-refractivity contribution in [2.75, 3.05) is 6.54 Å². The second-order valence-corrected chi connectivity index (χ2v) is 6.94. The Balaban J connectivity index is 1.76. The molecule has 0 radical (unpaired) electrons. The van der Waals surface area contributed by atoms with Gasteiger partial charge in [-0.25, -0.2) is 22.5 Å². The summed E-state index contributed by atoms with van der Waals surface area (Å²) in [5, 5.41) is 0. The molecule has 3 rings (SSSR count). The summed E-state index contributed by atoms with van der Waals surface area (Å²) in [6.07, 6.45) is 0. The molecule has 0 bridgehead atoms. The molecule has 0 saturated carbocycles. The Morgan fingerprint density at radius 1 is 1.17 bits per heavy atom. The van der Waals surface area contributed by atoms with Gasteiger partial charge in [-0.05, 0) is 24.3 Å². The molecular weight excluding hydrogens is 319 g/mol. The van der Waals surface area contributed by atoms with Gasteiger partial charge < -0.3 is 4.42 Å². The highest BCUT2D eigenvalue weighted by molar-refractivity contribution is 7.89. The fourth-order valence-corrected chi connectivity index (χ4v) is 3.37. The smallest absolute Gasteiger partial charge is 0.243 e. The number of aromatic nitrogens is 1. The molecule has 3 aromatic rings. The van der Waals surface area contributed by atoms with Crippen LogP contribution in [0, 0.1) is 5.82 Å². The molecule has 0 aliphatic rings. The van der Waals surface area contributed by atoms with E-state index in [1.807, 2.05) is 18.2 Å². The third-order valence-corrected chi connectivity index (χ3v) is 4.89. The number of benzene rings is 2. The Morgan fingerprint density at radius 3 is 2.61 bits per heavy atom. The molecule has 1 aromatic heterocycles. The number of nitrogens with zero attached hydrogens (tertiary/aromatic N) is 1. The summed E-state index contributed by atoms with van der Waals surface area (Å²) in [6.45, 7) is 1.85. The second-order valence-electron chi connectivity index (χ2n) is 5.20. The van der Waals surface area contributed by atoms with Crippen molar-refractivity contribution in [2.45, 2.75) is 17.7 Å². The summed E-state index contributed by atoms with van der Waals surface area (Å²) in [7, 11) is -3.92. The van der Waals surface area contributed by atoms with Crippen LogP contribution in [-0.2, 0) is 10.0 Å². The molecule has 23 heavy (non-hydrogen) atoms. The zero-order valence-electron chi connectivity index (χ0n) is 12.4. The van der Waals surface area contributed by atoms with Gasteiger partial charge in [-0.2, -0.15) is 0 Å². The number of halogens is 1. The third-order valence-electron chi connectivity index (χ3n) is 3.44. The van der Waals surface area contributed by atoms with Crippen molar-refractivity contribution in [3.05, 3.63) is 60.2 Å². The number of hydrogen-bond donors (Lipinski definition) is 1. The molecule has 0 saturated heterocycles. The average molecular weight is 334 g/mol. The van der Waals surface area contributed by atoms with Crippen molar-refractivity contribution in [2.24, 2.45) is 0 Å². The second kappa shape index (κ2) is 6.10. The van der Waals surface area contributed by atoms with E-state index in [1.54, 1.807) is 13.0 Å². The van der Waals surface area contributed by atoms with E-state index in [0.29, 0.717) is 17.0 Å². The van der Waals surface area contributed by atoms with E-state index in [2.05, 4.69) is 9.71 Å². The normalized spacial score (nSPS) is 13.3.